The highest BCUT2D eigenvalue weighted by atomic mass is 19.4. The fourth-order valence-corrected chi connectivity index (χ4v) is 1.93. The number of hydrogen-bond acceptors (Lipinski definition) is 6. The predicted molar refractivity (Wildman–Crippen MR) is 72.3 cm³/mol. The van der Waals surface area contributed by atoms with Crippen LogP contribution in [0.1, 0.15) is 22.8 Å². The van der Waals surface area contributed by atoms with Gasteiger partial charge in [-0.1, -0.05) is 0 Å². The van der Waals surface area contributed by atoms with Crippen molar-refractivity contribution in [1.82, 2.24) is 14.9 Å². The molecule has 2 aromatic rings. The Kier molecular flexibility index (Phi) is 4.28. The highest BCUT2D eigenvalue weighted by Crippen LogP contribution is 2.22. The lowest BCUT2D eigenvalue weighted by molar-refractivity contribution is -0.276. The lowest BCUT2D eigenvalue weighted by Gasteiger charge is -2.29. The van der Waals surface area contributed by atoms with Crippen LogP contribution in [0.4, 0.5) is 13.2 Å². The van der Waals surface area contributed by atoms with Gasteiger partial charge in [0, 0.05) is 19.2 Å². The average Bonchev–Trinajstić information content (AvgIpc) is 2.92. The summed E-state index contributed by atoms with van der Waals surface area (Å²) in [6, 6.07) is 2.29. The third kappa shape index (κ3) is 3.94. The number of rotatable bonds is 5. The second-order valence-electron chi connectivity index (χ2n) is 4.94. The van der Waals surface area contributed by atoms with Crippen molar-refractivity contribution in [3.05, 3.63) is 36.2 Å². The van der Waals surface area contributed by atoms with Crippen LogP contribution in [-0.2, 0) is 6.61 Å². The maximum absolute atomic E-state index is 12.0. The quantitative estimate of drug-likeness (QED) is 0.830. The maximum atomic E-state index is 12.0. The van der Waals surface area contributed by atoms with E-state index in [1.807, 2.05) is 0 Å². The lowest BCUT2D eigenvalue weighted by Crippen LogP contribution is -2.42. The van der Waals surface area contributed by atoms with Gasteiger partial charge in [0.25, 0.3) is 5.91 Å². The molecule has 1 amide bonds. The molecular formula is C14H12F3N3O4. The van der Waals surface area contributed by atoms with E-state index in [0.29, 0.717) is 13.1 Å². The molecule has 10 heteroatoms. The Labute approximate surface area is 134 Å². The van der Waals surface area contributed by atoms with E-state index in [1.54, 1.807) is 4.90 Å². The topological polar surface area (TPSA) is 77.7 Å². The number of carbonyl (C=O) groups excluding carboxylic acids is 1. The van der Waals surface area contributed by atoms with Crippen LogP contribution in [0.5, 0.6) is 11.6 Å². The second kappa shape index (κ2) is 6.38. The van der Waals surface area contributed by atoms with Gasteiger partial charge in [-0.25, -0.2) is 9.97 Å². The van der Waals surface area contributed by atoms with Gasteiger partial charge in [0.1, 0.15) is 12.0 Å². The lowest BCUT2D eigenvalue weighted by atomic mass is 10.2. The molecule has 2 aromatic heterocycles. The van der Waals surface area contributed by atoms with Gasteiger partial charge in [-0.2, -0.15) is 0 Å². The number of amides is 1. The molecule has 1 fully saturated rings. The van der Waals surface area contributed by atoms with Crippen LogP contribution < -0.4 is 9.47 Å². The van der Waals surface area contributed by atoms with E-state index in [4.69, 9.17) is 9.15 Å². The molecular weight excluding hydrogens is 331 g/mol. The summed E-state index contributed by atoms with van der Waals surface area (Å²) in [4.78, 5) is 21.0. The molecule has 24 heavy (non-hydrogen) atoms. The molecule has 0 aromatic carbocycles. The Morgan fingerprint density at radius 2 is 2.12 bits per heavy atom. The number of carbonyl (C=O) groups is 1. The van der Waals surface area contributed by atoms with Crippen molar-refractivity contribution in [3.8, 4) is 11.6 Å². The molecule has 0 aliphatic carbocycles. The zero-order valence-corrected chi connectivity index (χ0v) is 12.2. The van der Waals surface area contributed by atoms with E-state index >= 15 is 0 Å². The fraction of sp³-hybridized carbons (Fsp3) is 0.357. The molecule has 3 heterocycles. The number of oxazole rings is 1. The van der Waals surface area contributed by atoms with Crippen LogP contribution in [0.25, 0.3) is 0 Å². The standard InChI is InChI=1S/C14H12F3N3O4/c15-14(16,17)24-11-3-2-9(6-18-11)22-8-12-19-10(7-23-12)13(21)20-4-1-5-20/h2-3,6-7H,1,4-5,8H2. The molecule has 128 valence electrons. The smallest absolute Gasteiger partial charge is 0.482 e. The summed E-state index contributed by atoms with van der Waals surface area (Å²) in [7, 11) is 0. The van der Waals surface area contributed by atoms with E-state index < -0.39 is 12.2 Å². The minimum Gasteiger partial charge on any atom is -0.482 e. The van der Waals surface area contributed by atoms with Crippen molar-refractivity contribution in [2.24, 2.45) is 0 Å². The molecule has 0 bridgehead atoms. The van der Waals surface area contributed by atoms with Gasteiger partial charge in [0.15, 0.2) is 12.3 Å². The molecule has 1 aliphatic rings. The molecule has 0 atom stereocenters. The number of aromatic nitrogens is 2. The van der Waals surface area contributed by atoms with Crippen LogP contribution >= 0.6 is 0 Å². The summed E-state index contributed by atoms with van der Waals surface area (Å²) in [6.45, 7) is 1.32. The van der Waals surface area contributed by atoms with Gasteiger partial charge in [-0.3, -0.25) is 4.79 Å². The molecule has 1 saturated heterocycles. The normalized spacial score (nSPS) is 14.2. The van der Waals surface area contributed by atoms with Crippen molar-refractivity contribution in [2.45, 2.75) is 19.4 Å². The Morgan fingerprint density at radius 3 is 2.71 bits per heavy atom. The van der Waals surface area contributed by atoms with Gasteiger partial charge in [0.2, 0.25) is 11.8 Å². The highest BCUT2D eigenvalue weighted by Gasteiger charge is 2.31. The van der Waals surface area contributed by atoms with Crippen molar-refractivity contribution in [2.75, 3.05) is 13.1 Å². The average molecular weight is 343 g/mol. The zero-order valence-electron chi connectivity index (χ0n) is 12.2. The molecule has 7 nitrogen and oxygen atoms in total. The third-order valence-electron chi connectivity index (χ3n) is 3.21. The van der Waals surface area contributed by atoms with Gasteiger partial charge in [-0.15, -0.1) is 13.2 Å². The summed E-state index contributed by atoms with van der Waals surface area (Å²) in [5.74, 6) is -0.409. The van der Waals surface area contributed by atoms with Crippen LogP contribution in [0.3, 0.4) is 0 Å². The van der Waals surface area contributed by atoms with Crippen molar-refractivity contribution >= 4 is 5.91 Å². The molecule has 0 radical (unpaired) electrons. The molecule has 1 aliphatic heterocycles. The molecule has 0 unspecified atom stereocenters. The van der Waals surface area contributed by atoms with Crippen LogP contribution in [0, 0.1) is 0 Å². The van der Waals surface area contributed by atoms with Crippen molar-refractivity contribution < 1.29 is 31.9 Å². The third-order valence-corrected chi connectivity index (χ3v) is 3.21. The number of halogens is 3. The molecule has 0 N–H and O–H groups in total. The fourth-order valence-electron chi connectivity index (χ4n) is 1.93. The number of alkyl halides is 3. The van der Waals surface area contributed by atoms with Crippen molar-refractivity contribution in [3.63, 3.8) is 0 Å². The number of ether oxygens (including phenoxy) is 2. The number of likely N-dealkylation sites (tertiary alicyclic amines) is 1. The van der Waals surface area contributed by atoms with E-state index in [1.165, 1.54) is 12.3 Å². The zero-order chi connectivity index (χ0) is 17.2. The SMILES string of the molecule is O=C(c1coc(COc2ccc(OC(F)(F)F)nc2)n1)N1CCC1. The first-order valence-corrected chi connectivity index (χ1v) is 6.99. The van der Waals surface area contributed by atoms with E-state index in [9.17, 15) is 18.0 Å². The predicted octanol–water partition coefficient (Wildman–Crippen LogP) is 2.39. The molecule has 3 rings (SSSR count). The van der Waals surface area contributed by atoms with Crippen LogP contribution in [0.2, 0.25) is 0 Å². The summed E-state index contributed by atoms with van der Waals surface area (Å²) in [5.41, 5.74) is 0.195. The van der Waals surface area contributed by atoms with Gasteiger partial charge in [0.05, 0.1) is 6.20 Å². The van der Waals surface area contributed by atoms with Crippen LogP contribution in [-0.4, -0.2) is 40.2 Å². The monoisotopic (exact) mass is 343 g/mol. The maximum Gasteiger partial charge on any atom is 0.574 e. The van der Waals surface area contributed by atoms with Gasteiger partial charge in [-0.05, 0) is 12.5 Å². The molecule has 0 spiro atoms. The number of hydrogen-bond donors (Lipinski definition) is 0. The van der Waals surface area contributed by atoms with Crippen molar-refractivity contribution in [1.29, 1.82) is 0 Å². The van der Waals surface area contributed by atoms with Gasteiger partial charge >= 0.3 is 6.36 Å². The number of pyridine rings is 1. The minimum atomic E-state index is -4.80. The Balaban J connectivity index is 1.54. The van der Waals surface area contributed by atoms with Crippen LogP contribution in [0.15, 0.2) is 29.0 Å². The Morgan fingerprint density at radius 1 is 1.33 bits per heavy atom. The summed E-state index contributed by atoms with van der Waals surface area (Å²) < 4.78 is 50.1. The second-order valence-corrected chi connectivity index (χ2v) is 4.94. The van der Waals surface area contributed by atoms with E-state index in [-0.39, 0.29) is 29.8 Å². The highest BCUT2D eigenvalue weighted by molar-refractivity contribution is 5.92. The largest absolute Gasteiger partial charge is 0.574 e. The summed E-state index contributed by atoms with van der Waals surface area (Å²) >= 11 is 0. The van der Waals surface area contributed by atoms with Gasteiger partial charge < -0.3 is 18.8 Å². The first-order valence-electron chi connectivity index (χ1n) is 6.99. The van der Waals surface area contributed by atoms with E-state index in [0.717, 1.165) is 18.7 Å². The minimum absolute atomic E-state index is 0.0889. The number of nitrogens with zero attached hydrogens (tertiary/aromatic N) is 3. The summed E-state index contributed by atoms with van der Waals surface area (Å²) in [5, 5.41) is 0. The Hall–Kier alpha value is -2.78. The Bertz CT molecular complexity index is 711. The van der Waals surface area contributed by atoms with E-state index in [2.05, 4.69) is 14.7 Å². The summed E-state index contributed by atoms with van der Waals surface area (Å²) in [6.07, 6.45) is -1.50. The first-order chi connectivity index (χ1) is 11.4. The first kappa shape index (κ1) is 16.1. The molecule has 0 saturated carbocycles.